The minimum absolute atomic E-state index is 0.0106. The zero-order valence-corrected chi connectivity index (χ0v) is 21.3. The maximum atomic E-state index is 13.8. The monoisotopic (exact) mass is 469 g/mol. The smallest absolute Gasteiger partial charge is 0.248 e. The number of carbonyl (C=O) groups excluding carboxylic acids is 1. The van der Waals surface area contributed by atoms with Crippen molar-refractivity contribution in [2.75, 3.05) is 5.32 Å². The van der Waals surface area contributed by atoms with Gasteiger partial charge in [0.25, 0.3) is 0 Å². The van der Waals surface area contributed by atoms with Crippen molar-refractivity contribution in [3.8, 4) is 5.75 Å². The number of benzene rings is 1. The summed E-state index contributed by atoms with van der Waals surface area (Å²) < 4.78 is 13.8. The summed E-state index contributed by atoms with van der Waals surface area (Å²) in [6, 6.07) is 0. The summed E-state index contributed by atoms with van der Waals surface area (Å²) in [6.07, 6.45) is 12.5. The fraction of sp³-hybridized carbons (Fsp3) is 0.370. The van der Waals surface area contributed by atoms with Crippen LogP contribution >= 0.6 is 0 Å². The zero-order valence-electron chi connectivity index (χ0n) is 21.3. The predicted octanol–water partition coefficient (Wildman–Crippen LogP) is 2.74. The molecule has 0 bridgehead atoms. The normalized spacial score (nSPS) is 21.3. The lowest BCUT2D eigenvalue weighted by atomic mass is 9.67. The van der Waals surface area contributed by atoms with Crippen molar-refractivity contribution < 1.29 is 19.4 Å². The van der Waals surface area contributed by atoms with Gasteiger partial charge in [-0.3, -0.25) is 4.79 Å². The largest absolute Gasteiger partial charge is 0.506 e. The Balaban J connectivity index is 2.13. The topological polar surface area (TPSA) is 69.6 Å². The Morgan fingerprint density at radius 2 is 1.66 bits per heavy atom. The van der Waals surface area contributed by atoms with Crippen LogP contribution in [0.2, 0.25) is 0 Å². The maximum absolute atomic E-state index is 13.8. The number of rotatable bonds is 6. The molecule has 2 rings (SSSR count). The molecule has 1 amide bonds. The second kappa shape index (κ2) is 10.9. The number of halogens is 1. The Kier molecular flexibility index (Phi) is 8.88. The Labute approximate surface area is 212 Å². The molecule has 0 heterocycles. The molecule has 1 aliphatic rings. The van der Waals surface area contributed by atoms with Crippen LogP contribution in [-0.4, -0.2) is 45.3 Å². The number of nitrogens with one attached hydrogen (secondary N) is 1. The molecule has 3 N–H and O–H groups in total. The summed E-state index contributed by atoms with van der Waals surface area (Å²) in [6.45, 7) is 11.9. The summed E-state index contributed by atoms with van der Waals surface area (Å²) in [5.41, 5.74) is 1.37. The first-order chi connectivity index (χ1) is 16.1. The number of aliphatic hydroxyl groups is 1. The third kappa shape index (κ3) is 6.69. The SMILES string of the molecule is [B]c1c([B])c(NC(=O)/C=C(C)/C=C/C=C(C)/C=C/C2=C(C)C(C)(O)CCC2(C)C)c(O)c([B])c1F. The molecule has 1 aliphatic carbocycles. The summed E-state index contributed by atoms with van der Waals surface area (Å²) in [7, 11) is 16.7. The average molecular weight is 469 g/mol. The second-order valence-electron chi connectivity index (χ2n) is 9.96. The van der Waals surface area contributed by atoms with Gasteiger partial charge in [-0.2, -0.15) is 0 Å². The Morgan fingerprint density at radius 3 is 2.29 bits per heavy atom. The Morgan fingerprint density at radius 1 is 1.03 bits per heavy atom. The molecule has 0 saturated carbocycles. The maximum Gasteiger partial charge on any atom is 0.248 e. The van der Waals surface area contributed by atoms with E-state index < -0.39 is 34.0 Å². The molecule has 4 nitrogen and oxygen atoms in total. The van der Waals surface area contributed by atoms with Crippen molar-refractivity contribution in [2.24, 2.45) is 5.41 Å². The summed E-state index contributed by atoms with van der Waals surface area (Å²) >= 11 is 0. The molecule has 0 aliphatic heterocycles. The number of phenolic OH excluding ortho intramolecular Hbond substituents is 1. The van der Waals surface area contributed by atoms with Crippen molar-refractivity contribution in [3.63, 3.8) is 0 Å². The van der Waals surface area contributed by atoms with Gasteiger partial charge in [-0.05, 0) is 68.1 Å². The fourth-order valence-corrected chi connectivity index (χ4v) is 3.95. The van der Waals surface area contributed by atoms with E-state index in [2.05, 4.69) is 25.2 Å². The van der Waals surface area contributed by atoms with Gasteiger partial charge in [0, 0.05) is 6.08 Å². The second-order valence-corrected chi connectivity index (χ2v) is 9.96. The van der Waals surface area contributed by atoms with E-state index in [0.717, 1.165) is 29.6 Å². The van der Waals surface area contributed by atoms with Gasteiger partial charge in [0.1, 0.15) is 35.1 Å². The van der Waals surface area contributed by atoms with Gasteiger partial charge in [0.15, 0.2) is 0 Å². The van der Waals surface area contributed by atoms with E-state index in [4.69, 9.17) is 23.5 Å². The standard InChI is InChI=1S/C27H31B3FNO3/c1-15(10-11-18-17(3)27(6,35)13-12-26(18,4)5)8-7-9-16(2)14-19(33)32-24-21(29)20(28)23(31)22(30)25(24)34/h7-11,14,34-35H,12-13H2,1-6H3,(H,32,33)/b9-7+,11-10+,15-8+,16-14+. The van der Waals surface area contributed by atoms with Gasteiger partial charge in [-0.15, -0.1) is 0 Å². The molecule has 1 atom stereocenters. The van der Waals surface area contributed by atoms with E-state index in [1.54, 1.807) is 13.0 Å². The van der Waals surface area contributed by atoms with E-state index in [0.29, 0.717) is 5.57 Å². The third-order valence-electron chi connectivity index (χ3n) is 6.54. The lowest BCUT2D eigenvalue weighted by molar-refractivity contribution is -0.111. The van der Waals surface area contributed by atoms with Crippen LogP contribution in [0.1, 0.15) is 54.4 Å². The van der Waals surface area contributed by atoms with Crippen LogP contribution < -0.4 is 21.7 Å². The van der Waals surface area contributed by atoms with Crippen molar-refractivity contribution >= 4 is 51.5 Å². The number of phenols is 1. The molecule has 1 unspecified atom stereocenters. The number of allylic oxidation sites excluding steroid dienone is 8. The van der Waals surface area contributed by atoms with Crippen molar-refractivity contribution in [2.45, 2.75) is 60.0 Å². The summed E-state index contributed by atoms with van der Waals surface area (Å²) in [5.74, 6) is -2.30. The van der Waals surface area contributed by atoms with Crippen molar-refractivity contribution in [3.05, 3.63) is 64.6 Å². The molecule has 1 aromatic carbocycles. The molecular formula is C27H31B3FNO3. The van der Waals surface area contributed by atoms with Gasteiger partial charge in [0.05, 0.1) is 11.3 Å². The Hall–Kier alpha value is -2.73. The molecule has 0 aromatic heterocycles. The highest BCUT2D eigenvalue weighted by Crippen LogP contribution is 2.45. The summed E-state index contributed by atoms with van der Waals surface area (Å²) in [4.78, 5) is 12.3. The van der Waals surface area contributed by atoms with Crippen LogP contribution in [0.15, 0.2) is 58.7 Å². The number of carbonyl (C=O) groups is 1. The van der Waals surface area contributed by atoms with E-state index in [-0.39, 0.29) is 16.6 Å². The molecule has 35 heavy (non-hydrogen) atoms. The van der Waals surface area contributed by atoms with Gasteiger partial charge in [0.2, 0.25) is 5.91 Å². The van der Waals surface area contributed by atoms with Gasteiger partial charge in [-0.25, -0.2) is 4.39 Å². The molecule has 0 spiro atoms. The minimum Gasteiger partial charge on any atom is -0.506 e. The van der Waals surface area contributed by atoms with Crippen LogP contribution in [0.5, 0.6) is 5.75 Å². The highest BCUT2D eigenvalue weighted by molar-refractivity contribution is 6.53. The molecule has 0 saturated heterocycles. The van der Waals surface area contributed by atoms with Crippen LogP contribution in [-0.2, 0) is 4.79 Å². The van der Waals surface area contributed by atoms with Crippen LogP contribution in [0, 0.1) is 11.2 Å². The first-order valence-electron chi connectivity index (χ1n) is 11.4. The zero-order chi connectivity index (χ0) is 26.7. The van der Waals surface area contributed by atoms with E-state index >= 15 is 0 Å². The first-order valence-corrected chi connectivity index (χ1v) is 11.4. The van der Waals surface area contributed by atoms with Crippen LogP contribution in [0.3, 0.4) is 0 Å². The fourth-order valence-electron chi connectivity index (χ4n) is 3.95. The van der Waals surface area contributed by atoms with E-state index in [1.807, 2.05) is 39.0 Å². The first kappa shape index (κ1) is 28.5. The van der Waals surface area contributed by atoms with Crippen molar-refractivity contribution in [1.82, 2.24) is 0 Å². The number of hydrogen-bond donors (Lipinski definition) is 3. The highest BCUT2D eigenvalue weighted by atomic mass is 19.1. The number of aromatic hydroxyl groups is 1. The molecule has 6 radical (unpaired) electrons. The lowest BCUT2D eigenvalue weighted by Crippen LogP contribution is -2.38. The van der Waals surface area contributed by atoms with Gasteiger partial charge < -0.3 is 15.5 Å². The molecule has 0 fully saturated rings. The highest BCUT2D eigenvalue weighted by Gasteiger charge is 2.37. The molecule has 8 heteroatoms. The number of amides is 1. The van der Waals surface area contributed by atoms with Gasteiger partial charge in [-0.1, -0.05) is 60.7 Å². The third-order valence-corrected chi connectivity index (χ3v) is 6.54. The number of hydrogen-bond acceptors (Lipinski definition) is 3. The number of anilines is 1. The van der Waals surface area contributed by atoms with Crippen LogP contribution in [0.25, 0.3) is 0 Å². The lowest BCUT2D eigenvalue weighted by Gasteiger charge is -2.40. The molecular weight excluding hydrogens is 438 g/mol. The predicted molar refractivity (Wildman–Crippen MR) is 145 cm³/mol. The quantitative estimate of drug-likeness (QED) is 0.260. The summed E-state index contributed by atoms with van der Waals surface area (Å²) in [5, 5.41) is 23.0. The van der Waals surface area contributed by atoms with E-state index in [9.17, 15) is 19.4 Å². The molecule has 1 aromatic rings. The Bertz CT molecular complexity index is 1150. The van der Waals surface area contributed by atoms with E-state index in [1.165, 1.54) is 6.08 Å². The molecule has 178 valence electrons. The van der Waals surface area contributed by atoms with Crippen molar-refractivity contribution in [1.29, 1.82) is 0 Å². The van der Waals surface area contributed by atoms with Gasteiger partial charge >= 0.3 is 0 Å². The average Bonchev–Trinajstić information content (AvgIpc) is 2.77. The van der Waals surface area contributed by atoms with Crippen LogP contribution in [0.4, 0.5) is 10.1 Å². The minimum atomic E-state index is -1.03.